The molecule has 0 saturated carbocycles. The summed E-state index contributed by atoms with van der Waals surface area (Å²) in [5.74, 6) is -0.517. The van der Waals surface area contributed by atoms with Gasteiger partial charge in [0.1, 0.15) is 6.04 Å². The maximum Gasteiger partial charge on any atom is 0.318 e. The maximum atomic E-state index is 11.6. The topological polar surface area (TPSA) is 97.1 Å². The lowest BCUT2D eigenvalue weighted by atomic mass is 10.1. The average Bonchev–Trinajstić information content (AvgIpc) is 2.41. The number of halogens is 1. The number of nitrogens with zero attached hydrogens (tertiary/aromatic N) is 1. The van der Waals surface area contributed by atoms with Gasteiger partial charge in [0.15, 0.2) is 0 Å². The molecule has 1 atom stereocenters. The van der Waals surface area contributed by atoms with Crippen LogP contribution in [-0.4, -0.2) is 23.0 Å². The number of hydrogen-bond donors (Lipinski definition) is 3. The Hall–Kier alpha value is -2.34. The smallest absolute Gasteiger partial charge is 0.318 e. The molecule has 0 aliphatic carbocycles. The third-order valence-corrected chi connectivity index (χ3v) is 3.06. The number of primary amides is 1. The second-order valence-electron chi connectivity index (χ2n) is 4.21. The monoisotopic (exact) mass is 292 g/mol. The van der Waals surface area contributed by atoms with E-state index in [1.165, 1.54) is 0 Å². The van der Waals surface area contributed by atoms with Crippen LogP contribution in [0.1, 0.15) is 6.92 Å². The van der Waals surface area contributed by atoms with Crippen LogP contribution in [0.4, 0.5) is 10.5 Å². The predicted molar refractivity (Wildman–Crippen MR) is 77.6 cm³/mol. The van der Waals surface area contributed by atoms with Crippen LogP contribution in [0.3, 0.4) is 0 Å². The summed E-state index contributed by atoms with van der Waals surface area (Å²) >= 11 is 6.09. The van der Waals surface area contributed by atoms with Crippen molar-refractivity contribution >= 4 is 40.1 Å². The van der Waals surface area contributed by atoms with E-state index in [1.54, 1.807) is 31.3 Å². The van der Waals surface area contributed by atoms with E-state index in [4.69, 9.17) is 17.3 Å². The fourth-order valence-corrected chi connectivity index (χ4v) is 2.00. The van der Waals surface area contributed by atoms with Crippen molar-refractivity contribution in [3.8, 4) is 0 Å². The zero-order valence-electron chi connectivity index (χ0n) is 10.7. The predicted octanol–water partition coefficient (Wildman–Crippen LogP) is 1.88. The van der Waals surface area contributed by atoms with Crippen molar-refractivity contribution in [3.63, 3.8) is 0 Å². The van der Waals surface area contributed by atoms with Crippen LogP contribution >= 0.6 is 11.6 Å². The molecule has 7 heteroatoms. The number of nitrogens with one attached hydrogen (secondary N) is 2. The Balaban J connectivity index is 2.28. The van der Waals surface area contributed by atoms with Crippen LogP contribution in [0.2, 0.25) is 5.02 Å². The van der Waals surface area contributed by atoms with Crippen LogP contribution in [0.25, 0.3) is 10.9 Å². The standard InChI is InChI=1S/C13H13ClN4O2/c1-7(12(19)18-13(15)20)17-10-5-4-9(14)8-3-2-6-16-11(8)10/h2-7,17H,1H3,(H3,15,18,19,20). The fourth-order valence-electron chi connectivity index (χ4n) is 1.78. The quantitative estimate of drug-likeness (QED) is 0.804. The Morgan fingerprint density at radius 3 is 2.80 bits per heavy atom. The highest BCUT2D eigenvalue weighted by Crippen LogP contribution is 2.28. The first kappa shape index (κ1) is 14.1. The van der Waals surface area contributed by atoms with Crippen molar-refractivity contribution in [2.24, 2.45) is 5.73 Å². The number of anilines is 1. The Labute approximate surface area is 120 Å². The van der Waals surface area contributed by atoms with Gasteiger partial charge in [-0.3, -0.25) is 15.1 Å². The van der Waals surface area contributed by atoms with E-state index < -0.39 is 18.0 Å². The number of benzene rings is 1. The average molecular weight is 293 g/mol. The van der Waals surface area contributed by atoms with Crippen molar-refractivity contribution in [2.75, 3.05) is 5.32 Å². The van der Waals surface area contributed by atoms with Crippen molar-refractivity contribution in [2.45, 2.75) is 13.0 Å². The summed E-state index contributed by atoms with van der Waals surface area (Å²) in [5.41, 5.74) is 6.21. The minimum absolute atomic E-state index is 0.517. The number of hydrogen-bond acceptors (Lipinski definition) is 4. The zero-order valence-corrected chi connectivity index (χ0v) is 11.4. The van der Waals surface area contributed by atoms with Gasteiger partial charge >= 0.3 is 6.03 Å². The maximum absolute atomic E-state index is 11.6. The first-order valence-corrected chi connectivity index (χ1v) is 6.27. The third-order valence-electron chi connectivity index (χ3n) is 2.73. The molecule has 1 aromatic carbocycles. The molecule has 0 aliphatic heterocycles. The molecule has 0 spiro atoms. The van der Waals surface area contributed by atoms with Gasteiger partial charge in [0, 0.05) is 11.6 Å². The lowest BCUT2D eigenvalue weighted by molar-refractivity contribution is -0.120. The van der Waals surface area contributed by atoms with Crippen LogP contribution in [0.5, 0.6) is 0 Å². The molecule has 0 bridgehead atoms. The van der Waals surface area contributed by atoms with Gasteiger partial charge in [0.25, 0.3) is 0 Å². The van der Waals surface area contributed by atoms with Crippen LogP contribution < -0.4 is 16.4 Å². The second-order valence-corrected chi connectivity index (χ2v) is 4.62. The highest BCUT2D eigenvalue weighted by Gasteiger charge is 2.16. The Bertz CT molecular complexity index is 674. The molecular weight excluding hydrogens is 280 g/mol. The van der Waals surface area contributed by atoms with Gasteiger partial charge in [-0.05, 0) is 31.2 Å². The molecule has 4 N–H and O–H groups in total. The Morgan fingerprint density at radius 1 is 1.35 bits per heavy atom. The van der Waals surface area contributed by atoms with Crippen molar-refractivity contribution in [3.05, 3.63) is 35.5 Å². The summed E-state index contributed by atoms with van der Waals surface area (Å²) in [7, 11) is 0. The van der Waals surface area contributed by atoms with Gasteiger partial charge in [-0.25, -0.2) is 4.79 Å². The van der Waals surface area contributed by atoms with Gasteiger partial charge in [0.2, 0.25) is 5.91 Å². The zero-order chi connectivity index (χ0) is 14.7. The van der Waals surface area contributed by atoms with Crippen LogP contribution in [0.15, 0.2) is 30.5 Å². The molecule has 1 aromatic heterocycles. The molecule has 0 radical (unpaired) electrons. The highest BCUT2D eigenvalue weighted by atomic mass is 35.5. The summed E-state index contributed by atoms with van der Waals surface area (Å²) in [6.45, 7) is 1.61. The summed E-state index contributed by atoms with van der Waals surface area (Å²) in [4.78, 5) is 26.5. The normalized spacial score (nSPS) is 11.9. The van der Waals surface area contributed by atoms with E-state index >= 15 is 0 Å². The van der Waals surface area contributed by atoms with Crippen LogP contribution in [0, 0.1) is 0 Å². The first-order valence-electron chi connectivity index (χ1n) is 5.89. The largest absolute Gasteiger partial charge is 0.372 e. The summed E-state index contributed by atoms with van der Waals surface area (Å²) in [6.07, 6.45) is 1.64. The lowest BCUT2D eigenvalue weighted by Gasteiger charge is -2.15. The van der Waals surface area contributed by atoms with Gasteiger partial charge in [-0.1, -0.05) is 11.6 Å². The van der Waals surface area contributed by atoms with E-state index in [1.807, 2.05) is 11.4 Å². The molecule has 1 heterocycles. The minimum Gasteiger partial charge on any atom is -0.372 e. The number of urea groups is 1. The summed E-state index contributed by atoms with van der Waals surface area (Å²) in [6, 6.07) is 5.53. The number of rotatable bonds is 3. The molecule has 104 valence electrons. The molecule has 20 heavy (non-hydrogen) atoms. The number of amides is 3. The number of nitrogens with two attached hydrogens (primary N) is 1. The summed E-state index contributed by atoms with van der Waals surface area (Å²) < 4.78 is 0. The van der Waals surface area contributed by atoms with Crippen LogP contribution in [-0.2, 0) is 4.79 Å². The molecule has 0 fully saturated rings. The van der Waals surface area contributed by atoms with Crippen molar-refractivity contribution in [1.82, 2.24) is 10.3 Å². The van der Waals surface area contributed by atoms with E-state index in [-0.39, 0.29) is 0 Å². The van der Waals surface area contributed by atoms with Gasteiger partial charge in [-0.15, -0.1) is 0 Å². The number of pyridine rings is 1. The van der Waals surface area contributed by atoms with Gasteiger partial charge in [0.05, 0.1) is 16.2 Å². The Morgan fingerprint density at radius 2 is 2.10 bits per heavy atom. The molecule has 0 saturated heterocycles. The molecule has 1 unspecified atom stereocenters. The van der Waals surface area contributed by atoms with E-state index in [0.29, 0.717) is 16.2 Å². The lowest BCUT2D eigenvalue weighted by Crippen LogP contribution is -2.43. The SMILES string of the molecule is CC(Nc1ccc(Cl)c2cccnc12)C(=O)NC(N)=O. The summed E-state index contributed by atoms with van der Waals surface area (Å²) in [5, 5.41) is 6.35. The van der Waals surface area contributed by atoms with Gasteiger partial charge in [-0.2, -0.15) is 0 Å². The number of aromatic nitrogens is 1. The molecule has 3 amide bonds. The van der Waals surface area contributed by atoms with E-state index in [9.17, 15) is 9.59 Å². The highest BCUT2D eigenvalue weighted by molar-refractivity contribution is 6.35. The van der Waals surface area contributed by atoms with E-state index in [0.717, 1.165) is 5.39 Å². The first-order chi connectivity index (χ1) is 9.49. The minimum atomic E-state index is -0.886. The fraction of sp³-hybridized carbons (Fsp3) is 0.154. The number of carbonyl (C=O) groups excluding carboxylic acids is 2. The molecule has 2 rings (SSSR count). The van der Waals surface area contributed by atoms with Crippen molar-refractivity contribution in [1.29, 1.82) is 0 Å². The second kappa shape index (κ2) is 5.75. The molecular formula is C13H13ClN4O2. The van der Waals surface area contributed by atoms with Crippen molar-refractivity contribution < 1.29 is 9.59 Å². The molecule has 6 nitrogen and oxygen atoms in total. The third kappa shape index (κ3) is 2.97. The number of carbonyl (C=O) groups is 2. The number of imide groups is 1. The Kier molecular flexibility index (Phi) is 4.05. The number of fused-ring (bicyclic) bond motifs is 1. The molecule has 2 aromatic rings. The van der Waals surface area contributed by atoms with E-state index in [2.05, 4.69) is 10.3 Å². The molecule has 0 aliphatic rings. The van der Waals surface area contributed by atoms with Gasteiger partial charge < -0.3 is 11.1 Å².